The standard InChI is InChI=1S/C22H26O6/c1-23-20-14-17(10-7-13-25-19-11-5-6-12-24-19)21-18(27-20)15-26-22(28-21)16-8-3-2-4-9-16/h2-4,8-9,14,18-22H,5-6,11-13,15H2,1H3/t18-,19?,20+,21+,22?/m1/s1. The maximum Gasteiger partial charge on any atom is 0.184 e. The molecule has 0 N–H and O–H groups in total. The van der Waals surface area contributed by atoms with Gasteiger partial charge in [-0.25, -0.2) is 0 Å². The van der Waals surface area contributed by atoms with Gasteiger partial charge < -0.3 is 28.4 Å². The van der Waals surface area contributed by atoms with Gasteiger partial charge in [-0.1, -0.05) is 42.2 Å². The molecule has 0 aliphatic carbocycles. The van der Waals surface area contributed by atoms with E-state index < -0.39 is 12.6 Å². The molecule has 150 valence electrons. The van der Waals surface area contributed by atoms with Crippen molar-refractivity contribution in [3.05, 3.63) is 47.5 Å². The molecule has 1 aromatic rings. The summed E-state index contributed by atoms with van der Waals surface area (Å²) in [4.78, 5) is 0. The monoisotopic (exact) mass is 386 g/mol. The lowest BCUT2D eigenvalue weighted by atomic mass is 10.0. The molecule has 5 atom stereocenters. The lowest BCUT2D eigenvalue weighted by Crippen LogP contribution is -2.47. The summed E-state index contributed by atoms with van der Waals surface area (Å²) in [7, 11) is 1.60. The molecule has 4 rings (SSSR count). The number of ether oxygens (including phenoxy) is 6. The molecule has 0 amide bonds. The van der Waals surface area contributed by atoms with Crippen molar-refractivity contribution in [3.8, 4) is 11.8 Å². The molecule has 0 aromatic heterocycles. The number of rotatable bonds is 4. The zero-order valence-corrected chi connectivity index (χ0v) is 16.0. The van der Waals surface area contributed by atoms with E-state index in [0.717, 1.165) is 37.0 Å². The maximum atomic E-state index is 6.19. The summed E-state index contributed by atoms with van der Waals surface area (Å²) < 4.78 is 34.6. The molecule has 1 aromatic carbocycles. The van der Waals surface area contributed by atoms with Crippen LogP contribution in [0.25, 0.3) is 0 Å². The Balaban J connectivity index is 1.43. The summed E-state index contributed by atoms with van der Waals surface area (Å²) in [6, 6.07) is 9.87. The van der Waals surface area contributed by atoms with Crippen molar-refractivity contribution < 1.29 is 28.4 Å². The van der Waals surface area contributed by atoms with E-state index in [0.29, 0.717) is 13.2 Å². The van der Waals surface area contributed by atoms with Crippen LogP contribution in [0.2, 0.25) is 0 Å². The molecule has 6 heteroatoms. The summed E-state index contributed by atoms with van der Waals surface area (Å²) >= 11 is 0. The SMILES string of the molecule is CO[C@@H]1C=C(C#CCOC2CCCCO2)[C@@H]2OC(c3ccccc3)OC[C@H]2O1. The fraction of sp³-hybridized carbons (Fsp3) is 0.545. The van der Waals surface area contributed by atoms with E-state index in [9.17, 15) is 0 Å². The molecule has 28 heavy (non-hydrogen) atoms. The van der Waals surface area contributed by atoms with Gasteiger partial charge in [0.2, 0.25) is 0 Å². The molecule has 0 bridgehead atoms. The number of hydrogen-bond donors (Lipinski definition) is 0. The molecular weight excluding hydrogens is 360 g/mol. The van der Waals surface area contributed by atoms with E-state index in [1.165, 1.54) is 0 Å². The molecule has 2 fully saturated rings. The predicted molar refractivity (Wildman–Crippen MR) is 101 cm³/mol. The topological polar surface area (TPSA) is 55.4 Å². The zero-order valence-electron chi connectivity index (χ0n) is 16.0. The molecule has 2 saturated heterocycles. The van der Waals surface area contributed by atoms with Crippen molar-refractivity contribution in [1.82, 2.24) is 0 Å². The Labute approximate surface area is 165 Å². The first-order valence-corrected chi connectivity index (χ1v) is 9.77. The second kappa shape index (κ2) is 9.66. The first-order valence-electron chi connectivity index (χ1n) is 9.77. The van der Waals surface area contributed by atoms with Crippen molar-refractivity contribution in [1.29, 1.82) is 0 Å². The predicted octanol–water partition coefficient (Wildman–Crippen LogP) is 2.94. The third-order valence-corrected chi connectivity index (χ3v) is 4.97. The number of benzene rings is 1. The van der Waals surface area contributed by atoms with Gasteiger partial charge in [-0.3, -0.25) is 0 Å². The third-order valence-electron chi connectivity index (χ3n) is 4.97. The Hall–Kier alpha value is -1.72. The van der Waals surface area contributed by atoms with Gasteiger partial charge in [-0.15, -0.1) is 0 Å². The van der Waals surface area contributed by atoms with Gasteiger partial charge in [-0.05, 0) is 25.3 Å². The highest BCUT2D eigenvalue weighted by molar-refractivity contribution is 5.36. The number of methoxy groups -OCH3 is 1. The molecular formula is C22H26O6. The van der Waals surface area contributed by atoms with Gasteiger partial charge in [0.05, 0.1) is 6.61 Å². The van der Waals surface area contributed by atoms with Crippen LogP contribution in [-0.2, 0) is 28.4 Å². The summed E-state index contributed by atoms with van der Waals surface area (Å²) in [5.41, 5.74) is 1.81. The van der Waals surface area contributed by atoms with Crippen LogP contribution in [0.4, 0.5) is 0 Å². The van der Waals surface area contributed by atoms with Gasteiger partial charge in [0.1, 0.15) is 18.8 Å². The molecule has 2 unspecified atom stereocenters. The first-order chi connectivity index (χ1) is 13.8. The van der Waals surface area contributed by atoms with Crippen LogP contribution in [0.15, 0.2) is 42.0 Å². The van der Waals surface area contributed by atoms with E-state index in [2.05, 4.69) is 11.8 Å². The van der Waals surface area contributed by atoms with E-state index in [1.807, 2.05) is 36.4 Å². The quantitative estimate of drug-likeness (QED) is 0.742. The molecule has 3 aliphatic rings. The van der Waals surface area contributed by atoms with Gasteiger partial charge in [0, 0.05) is 24.9 Å². The largest absolute Gasteiger partial charge is 0.353 e. The van der Waals surface area contributed by atoms with Crippen molar-refractivity contribution >= 4 is 0 Å². The van der Waals surface area contributed by atoms with E-state index in [1.54, 1.807) is 7.11 Å². The minimum absolute atomic E-state index is 0.145. The van der Waals surface area contributed by atoms with Crippen LogP contribution < -0.4 is 0 Å². The van der Waals surface area contributed by atoms with Crippen LogP contribution in [0.3, 0.4) is 0 Å². The fourth-order valence-corrected chi connectivity index (χ4v) is 3.50. The highest BCUT2D eigenvalue weighted by Crippen LogP contribution is 2.34. The molecule has 6 nitrogen and oxygen atoms in total. The van der Waals surface area contributed by atoms with Crippen molar-refractivity contribution in [3.63, 3.8) is 0 Å². The Morgan fingerprint density at radius 3 is 2.79 bits per heavy atom. The van der Waals surface area contributed by atoms with Crippen molar-refractivity contribution in [2.24, 2.45) is 0 Å². The molecule has 3 heterocycles. The number of fused-ring (bicyclic) bond motifs is 1. The Morgan fingerprint density at radius 1 is 1.11 bits per heavy atom. The summed E-state index contributed by atoms with van der Waals surface area (Å²) in [6.45, 7) is 1.49. The van der Waals surface area contributed by atoms with Crippen molar-refractivity contribution in [2.75, 3.05) is 26.9 Å². The number of hydrogen-bond acceptors (Lipinski definition) is 6. The average molecular weight is 386 g/mol. The van der Waals surface area contributed by atoms with Gasteiger partial charge in [0.25, 0.3) is 0 Å². The Kier molecular flexibility index (Phi) is 6.76. The third kappa shape index (κ3) is 4.81. The lowest BCUT2D eigenvalue weighted by molar-refractivity contribution is -0.282. The van der Waals surface area contributed by atoms with Crippen molar-refractivity contribution in [2.45, 2.75) is 50.3 Å². The highest BCUT2D eigenvalue weighted by Gasteiger charge is 2.39. The second-order valence-electron chi connectivity index (χ2n) is 6.94. The highest BCUT2D eigenvalue weighted by atomic mass is 16.7. The smallest absolute Gasteiger partial charge is 0.184 e. The minimum Gasteiger partial charge on any atom is -0.353 e. The minimum atomic E-state index is -0.464. The zero-order chi connectivity index (χ0) is 19.2. The summed E-state index contributed by atoms with van der Waals surface area (Å²) in [5, 5.41) is 0. The van der Waals surface area contributed by atoms with Crippen LogP contribution in [0.1, 0.15) is 31.1 Å². The summed E-state index contributed by atoms with van der Waals surface area (Å²) in [6.07, 6.45) is 3.40. The van der Waals surface area contributed by atoms with Crippen LogP contribution in [0, 0.1) is 11.8 Å². The average Bonchev–Trinajstić information content (AvgIpc) is 2.77. The Bertz CT molecular complexity index is 716. The van der Waals surface area contributed by atoms with Gasteiger partial charge >= 0.3 is 0 Å². The van der Waals surface area contributed by atoms with Crippen LogP contribution >= 0.6 is 0 Å². The van der Waals surface area contributed by atoms with E-state index >= 15 is 0 Å². The van der Waals surface area contributed by atoms with Crippen LogP contribution in [0.5, 0.6) is 0 Å². The summed E-state index contributed by atoms with van der Waals surface area (Å²) in [5.74, 6) is 6.27. The van der Waals surface area contributed by atoms with Gasteiger partial charge in [0.15, 0.2) is 18.9 Å². The molecule has 3 aliphatic heterocycles. The van der Waals surface area contributed by atoms with Crippen LogP contribution in [-0.4, -0.2) is 51.7 Å². The maximum absolute atomic E-state index is 6.19. The van der Waals surface area contributed by atoms with Gasteiger partial charge in [-0.2, -0.15) is 0 Å². The molecule has 0 saturated carbocycles. The second-order valence-corrected chi connectivity index (χ2v) is 6.94. The molecule has 0 radical (unpaired) electrons. The Morgan fingerprint density at radius 2 is 2.00 bits per heavy atom. The van der Waals surface area contributed by atoms with E-state index in [4.69, 9.17) is 28.4 Å². The van der Waals surface area contributed by atoms with E-state index in [-0.39, 0.29) is 18.5 Å². The normalized spacial score (nSPS) is 32.6. The lowest BCUT2D eigenvalue weighted by Gasteiger charge is -2.40. The molecule has 0 spiro atoms. The first kappa shape index (κ1) is 19.6. The fourth-order valence-electron chi connectivity index (χ4n) is 3.50.